The van der Waals surface area contributed by atoms with Crippen molar-refractivity contribution < 1.29 is 28.4 Å². The first-order chi connectivity index (χ1) is 18.1. The van der Waals surface area contributed by atoms with Crippen molar-refractivity contribution in [3.63, 3.8) is 0 Å². The second kappa shape index (κ2) is 10.2. The molecule has 5 rings (SSSR count). The van der Waals surface area contributed by atoms with Crippen molar-refractivity contribution in [1.29, 1.82) is 0 Å². The second-order valence-corrected chi connectivity index (χ2v) is 11.6. The molecule has 0 saturated carbocycles. The first-order valence-electron chi connectivity index (χ1n) is 13.3. The number of hydrogen-bond donors (Lipinski definition) is 1. The lowest BCUT2D eigenvalue weighted by atomic mass is 9.91. The molecule has 0 radical (unpaired) electrons. The number of fused-ring (bicyclic) bond motifs is 1. The summed E-state index contributed by atoms with van der Waals surface area (Å²) in [7, 11) is 0. The molecule has 0 aliphatic carbocycles. The first-order valence-corrected chi connectivity index (χ1v) is 13.3. The number of carbonyl (C=O) groups is 4. The summed E-state index contributed by atoms with van der Waals surface area (Å²) in [6, 6.07) is 6.27. The van der Waals surface area contributed by atoms with Crippen molar-refractivity contribution in [2.24, 2.45) is 5.41 Å². The highest BCUT2D eigenvalue weighted by atomic mass is 16.5. The summed E-state index contributed by atoms with van der Waals surface area (Å²) < 4.78 is 11.5. The van der Waals surface area contributed by atoms with Gasteiger partial charge < -0.3 is 19.1 Å². The van der Waals surface area contributed by atoms with Crippen molar-refractivity contribution in [2.75, 3.05) is 13.2 Å². The van der Waals surface area contributed by atoms with Gasteiger partial charge in [-0.15, -0.1) is 0 Å². The molecule has 2 aromatic rings. The Kier molecular flexibility index (Phi) is 6.98. The molecular weight excluding hydrogens is 488 g/mol. The average Bonchev–Trinajstić information content (AvgIpc) is 3.45. The molecule has 2 fully saturated rings. The SMILES string of the molecule is CC(C)(C)Cc1cc(C(=O)N2CCCC[C@@H]2COc2ccc3c(c2)CN(C2CCC(=O)NC2=O)C3=O)no1. The van der Waals surface area contributed by atoms with E-state index in [1.165, 1.54) is 4.90 Å². The van der Waals surface area contributed by atoms with Crippen LogP contribution in [0.25, 0.3) is 0 Å². The Morgan fingerprint density at radius 1 is 1.16 bits per heavy atom. The van der Waals surface area contributed by atoms with Crippen molar-refractivity contribution >= 4 is 23.6 Å². The van der Waals surface area contributed by atoms with Crippen LogP contribution in [0.1, 0.15) is 85.0 Å². The summed E-state index contributed by atoms with van der Waals surface area (Å²) in [5, 5.41) is 6.36. The second-order valence-electron chi connectivity index (χ2n) is 11.6. The van der Waals surface area contributed by atoms with Crippen LogP contribution in [0.15, 0.2) is 28.8 Å². The molecule has 0 bridgehead atoms. The molecule has 0 spiro atoms. The van der Waals surface area contributed by atoms with E-state index in [9.17, 15) is 19.2 Å². The van der Waals surface area contributed by atoms with Gasteiger partial charge in [0.05, 0.1) is 6.04 Å². The third-order valence-corrected chi connectivity index (χ3v) is 7.31. The molecule has 38 heavy (non-hydrogen) atoms. The number of ether oxygens (including phenoxy) is 1. The molecule has 10 nitrogen and oxygen atoms in total. The van der Waals surface area contributed by atoms with E-state index in [1.54, 1.807) is 18.2 Å². The van der Waals surface area contributed by atoms with Gasteiger partial charge in [0.1, 0.15) is 24.2 Å². The number of likely N-dealkylation sites (tertiary alicyclic amines) is 1. The van der Waals surface area contributed by atoms with Crippen LogP contribution in [-0.2, 0) is 22.6 Å². The minimum atomic E-state index is -0.653. The van der Waals surface area contributed by atoms with Gasteiger partial charge >= 0.3 is 0 Å². The predicted molar refractivity (Wildman–Crippen MR) is 136 cm³/mol. The number of carbonyl (C=O) groups excluding carboxylic acids is 4. The number of rotatable bonds is 6. The van der Waals surface area contributed by atoms with Gasteiger partial charge in [-0.2, -0.15) is 0 Å². The van der Waals surface area contributed by atoms with Crippen LogP contribution in [0.5, 0.6) is 5.75 Å². The summed E-state index contributed by atoms with van der Waals surface area (Å²) in [6.45, 7) is 7.56. The number of benzene rings is 1. The molecule has 2 saturated heterocycles. The molecule has 4 amide bonds. The Morgan fingerprint density at radius 3 is 2.74 bits per heavy atom. The number of imide groups is 1. The molecule has 202 valence electrons. The number of piperidine rings is 2. The van der Waals surface area contributed by atoms with E-state index in [2.05, 4.69) is 31.2 Å². The summed E-state index contributed by atoms with van der Waals surface area (Å²) in [6.07, 6.45) is 3.99. The zero-order valence-electron chi connectivity index (χ0n) is 22.1. The number of amides is 4. The molecule has 3 aliphatic heterocycles. The van der Waals surface area contributed by atoms with Crippen LogP contribution < -0.4 is 10.1 Å². The van der Waals surface area contributed by atoms with E-state index < -0.39 is 11.9 Å². The van der Waals surface area contributed by atoms with E-state index in [-0.39, 0.29) is 42.1 Å². The maximum absolute atomic E-state index is 13.3. The van der Waals surface area contributed by atoms with Crippen molar-refractivity contribution in [2.45, 2.75) is 77.9 Å². The number of nitrogens with zero attached hydrogens (tertiary/aromatic N) is 3. The molecule has 1 aromatic heterocycles. The van der Waals surface area contributed by atoms with Gasteiger partial charge in [0, 0.05) is 37.6 Å². The minimum absolute atomic E-state index is 0.0285. The lowest BCUT2D eigenvalue weighted by Gasteiger charge is -2.35. The largest absolute Gasteiger partial charge is 0.491 e. The first kappa shape index (κ1) is 25.9. The minimum Gasteiger partial charge on any atom is -0.491 e. The van der Waals surface area contributed by atoms with E-state index in [0.717, 1.165) is 24.8 Å². The van der Waals surface area contributed by atoms with Crippen LogP contribution in [0, 0.1) is 5.41 Å². The molecule has 1 unspecified atom stereocenters. The van der Waals surface area contributed by atoms with Crippen LogP contribution in [0.2, 0.25) is 0 Å². The monoisotopic (exact) mass is 522 g/mol. The smallest absolute Gasteiger partial charge is 0.276 e. The Bertz CT molecular complexity index is 1260. The van der Waals surface area contributed by atoms with E-state index in [1.807, 2.05) is 11.0 Å². The standard InChI is InChI=1S/C28H34N4O6/c1-28(2,3)14-20-13-22(30-38-20)27(36)31-11-5-4-6-18(31)16-37-19-7-8-21-17(12-19)15-32(26(21)35)23-9-10-24(33)29-25(23)34/h7-8,12-13,18,23H,4-6,9-11,14-16H2,1-3H3,(H,29,33,34)/t18-,23?/m1/s1. The number of hydrogen-bond acceptors (Lipinski definition) is 7. The molecule has 1 aromatic carbocycles. The lowest BCUT2D eigenvalue weighted by Crippen LogP contribution is -2.52. The van der Waals surface area contributed by atoms with Crippen molar-refractivity contribution in [3.05, 3.63) is 46.8 Å². The molecule has 1 N–H and O–H groups in total. The van der Waals surface area contributed by atoms with Crippen LogP contribution in [-0.4, -0.2) is 63.8 Å². The van der Waals surface area contributed by atoms with Crippen LogP contribution in [0.3, 0.4) is 0 Å². The summed E-state index contributed by atoms with van der Waals surface area (Å²) in [5.74, 6) is 0.192. The molecular formula is C28H34N4O6. The van der Waals surface area contributed by atoms with Gasteiger partial charge in [0.2, 0.25) is 11.8 Å². The summed E-state index contributed by atoms with van der Waals surface area (Å²) >= 11 is 0. The van der Waals surface area contributed by atoms with Gasteiger partial charge in [0.25, 0.3) is 11.8 Å². The Labute approximate surface area is 221 Å². The topological polar surface area (TPSA) is 122 Å². The maximum atomic E-state index is 13.3. The highest BCUT2D eigenvalue weighted by molar-refractivity contribution is 6.05. The quantitative estimate of drug-likeness (QED) is 0.579. The summed E-state index contributed by atoms with van der Waals surface area (Å²) in [4.78, 5) is 53.3. The Hall–Kier alpha value is -3.69. The van der Waals surface area contributed by atoms with Gasteiger partial charge in [-0.3, -0.25) is 24.5 Å². The van der Waals surface area contributed by atoms with Gasteiger partial charge in [-0.05, 0) is 54.9 Å². The average molecular weight is 523 g/mol. The fourth-order valence-electron chi connectivity index (χ4n) is 5.44. The van der Waals surface area contributed by atoms with Gasteiger partial charge in [-0.1, -0.05) is 25.9 Å². The molecule has 10 heteroatoms. The van der Waals surface area contributed by atoms with E-state index in [4.69, 9.17) is 9.26 Å². The summed E-state index contributed by atoms with van der Waals surface area (Å²) in [5.41, 5.74) is 1.66. The number of aromatic nitrogens is 1. The normalized spacial score (nSPS) is 21.9. The zero-order valence-corrected chi connectivity index (χ0v) is 22.1. The maximum Gasteiger partial charge on any atom is 0.276 e. The van der Waals surface area contributed by atoms with Crippen LogP contribution >= 0.6 is 0 Å². The van der Waals surface area contributed by atoms with Crippen LogP contribution in [0.4, 0.5) is 0 Å². The van der Waals surface area contributed by atoms with E-state index in [0.29, 0.717) is 48.8 Å². The fraction of sp³-hybridized carbons (Fsp3) is 0.536. The lowest BCUT2D eigenvalue weighted by molar-refractivity contribution is -0.136. The third kappa shape index (κ3) is 5.44. The van der Waals surface area contributed by atoms with Crippen molar-refractivity contribution in [1.82, 2.24) is 20.3 Å². The highest BCUT2D eigenvalue weighted by Gasteiger charge is 2.39. The van der Waals surface area contributed by atoms with Crippen molar-refractivity contribution in [3.8, 4) is 5.75 Å². The molecule has 4 heterocycles. The molecule has 3 aliphatic rings. The van der Waals surface area contributed by atoms with Gasteiger partial charge in [-0.25, -0.2) is 0 Å². The number of nitrogens with one attached hydrogen (secondary N) is 1. The zero-order chi connectivity index (χ0) is 27.0. The third-order valence-electron chi connectivity index (χ3n) is 7.31. The van der Waals surface area contributed by atoms with E-state index >= 15 is 0 Å². The fourth-order valence-corrected chi connectivity index (χ4v) is 5.44. The predicted octanol–water partition coefficient (Wildman–Crippen LogP) is 3.10. The Morgan fingerprint density at radius 2 is 1.97 bits per heavy atom. The van der Waals surface area contributed by atoms with Gasteiger partial charge in [0.15, 0.2) is 5.69 Å². The highest BCUT2D eigenvalue weighted by Crippen LogP contribution is 2.31. The Balaban J connectivity index is 1.23. The molecule has 2 atom stereocenters.